The summed E-state index contributed by atoms with van der Waals surface area (Å²) in [6.45, 7) is 0. The average molecular weight is 200 g/mol. The lowest BCUT2D eigenvalue weighted by Crippen LogP contribution is -2.28. The summed E-state index contributed by atoms with van der Waals surface area (Å²) >= 11 is 0. The Morgan fingerprint density at radius 3 is 2.93 bits per heavy atom. The van der Waals surface area contributed by atoms with E-state index in [0.29, 0.717) is 5.92 Å². The Kier molecular flexibility index (Phi) is 2.20. The molecule has 1 unspecified atom stereocenters. The molecule has 0 saturated carbocycles. The molecule has 1 atom stereocenters. The molecule has 2 heteroatoms. The summed E-state index contributed by atoms with van der Waals surface area (Å²) in [5.74, 6) is 0.637. The van der Waals surface area contributed by atoms with Crippen molar-refractivity contribution in [3.8, 4) is 0 Å². The van der Waals surface area contributed by atoms with Crippen molar-refractivity contribution in [2.24, 2.45) is 0 Å². The number of H-pyrrole nitrogens is 1. The first kappa shape index (κ1) is 8.96. The van der Waals surface area contributed by atoms with E-state index < -0.39 is 0 Å². The number of nitrogens with one attached hydrogen (secondary N) is 1. The molecule has 2 aliphatic carbocycles. The molecule has 15 heavy (non-hydrogen) atoms. The van der Waals surface area contributed by atoms with Gasteiger partial charge in [0, 0.05) is 11.1 Å². The monoisotopic (exact) mass is 200 g/mol. The molecule has 0 aliphatic heterocycles. The van der Waals surface area contributed by atoms with Gasteiger partial charge in [-0.25, -0.2) is 0 Å². The van der Waals surface area contributed by atoms with Gasteiger partial charge >= 0.3 is 0 Å². The van der Waals surface area contributed by atoms with Crippen LogP contribution < -0.4 is 10.6 Å². The van der Waals surface area contributed by atoms with Crippen LogP contribution in [0, 0.1) is 0 Å². The van der Waals surface area contributed by atoms with E-state index >= 15 is 0 Å². The number of hydrogen-bond acceptors (Lipinski definition) is 1. The van der Waals surface area contributed by atoms with Gasteiger partial charge in [-0.05, 0) is 32.1 Å². The summed E-state index contributed by atoms with van der Waals surface area (Å²) in [5, 5.41) is 10.3. The average Bonchev–Trinajstić information content (AvgIpc) is 2.74. The lowest BCUT2D eigenvalue weighted by atomic mass is 9.90. The fourth-order valence-corrected chi connectivity index (χ4v) is 2.56. The van der Waals surface area contributed by atoms with Crippen molar-refractivity contribution in [1.29, 1.82) is 0 Å². The zero-order valence-corrected chi connectivity index (χ0v) is 8.87. The van der Waals surface area contributed by atoms with Crippen molar-refractivity contribution in [3.05, 3.63) is 28.4 Å². The van der Waals surface area contributed by atoms with Crippen molar-refractivity contribution >= 4 is 12.2 Å². The number of allylic oxidation sites excluding steroid dienone is 2. The summed E-state index contributed by atoms with van der Waals surface area (Å²) in [4.78, 5) is 0. The van der Waals surface area contributed by atoms with Crippen molar-refractivity contribution in [2.75, 3.05) is 0 Å². The molecule has 0 saturated heterocycles. The Morgan fingerprint density at radius 2 is 2.07 bits per heavy atom. The lowest BCUT2D eigenvalue weighted by Gasteiger charge is -2.15. The molecule has 1 aromatic rings. The van der Waals surface area contributed by atoms with E-state index in [0.717, 1.165) is 12.8 Å². The number of aromatic amines is 1. The molecule has 2 aliphatic rings. The zero-order valence-electron chi connectivity index (χ0n) is 8.87. The van der Waals surface area contributed by atoms with Gasteiger partial charge in [-0.15, -0.1) is 0 Å². The second kappa shape index (κ2) is 3.69. The van der Waals surface area contributed by atoms with Crippen LogP contribution in [0.2, 0.25) is 0 Å². The van der Waals surface area contributed by atoms with Gasteiger partial charge in [0.05, 0.1) is 11.0 Å². The van der Waals surface area contributed by atoms with E-state index in [1.165, 1.54) is 35.5 Å². The summed E-state index contributed by atoms with van der Waals surface area (Å²) in [7, 11) is 0. The van der Waals surface area contributed by atoms with Crippen LogP contribution in [0.25, 0.3) is 12.2 Å². The van der Waals surface area contributed by atoms with Crippen molar-refractivity contribution in [3.63, 3.8) is 0 Å². The maximum absolute atomic E-state index is 4.50. The summed E-state index contributed by atoms with van der Waals surface area (Å²) < 4.78 is 0. The van der Waals surface area contributed by atoms with E-state index in [9.17, 15) is 0 Å². The summed E-state index contributed by atoms with van der Waals surface area (Å²) in [6.07, 6.45) is 15.1. The van der Waals surface area contributed by atoms with E-state index in [2.05, 4.69) is 34.5 Å². The second-order valence-electron chi connectivity index (χ2n) is 4.40. The highest BCUT2D eigenvalue weighted by Crippen LogP contribution is 2.25. The molecular weight excluding hydrogens is 184 g/mol. The predicted octanol–water partition coefficient (Wildman–Crippen LogP) is 1.59. The third kappa shape index (κ3) is 1.54. The first-order chi connectivity index (χ1) is 7.45. The maximum atomic E-state index is 4.50. The van der Waals surface area contributed by atoms with Crippen LogP contribution in [0.15, 0.2) is 12.2 Å². The van der Waals surface area contributed by atoms with Crippen LogP contribution in [0.4, 0.5) is 0 Å². The Hall–Kier alpha value is -1.31. The van der Waals surface area contributed by atoms with E-state index in [1.807, 2.05) is 0 Å². The largest absolute Gasteiger partial charge is 0.278 e. The second-order valence-corrected chi connectivity index (χ2v) is 4.40. The van der Waals surface area contributed by atoms with Gasteiger partial charge in [0.1, 0.15) is 0 Å². The van der Waals surface area contributed by atoms with Gasteiger partial charge < -0.3 is 0 Å². The Balaban J connectivity index is 2.06. The number of aromatic nitrogens is 2. The molecule has 0 radical (unpaired) electrons. The van der Waals surface area contributed by atoms with Crippen LogP contribution in [0.3, 0.4) is 0 Å². The fraction of sp³-hybridized carbons (Fsp3) is 0.462. The molecule has 1 heterocycles. The minimum absolute atomic E-state index is 0.637. The van der Waals surface area contributed by atoms with Crippen molar-refractivity contribution < 1.29 is 0 Å². The number of fused-ring (bicyclic) bond motifs is 1. The highest BCUT2D eigenvalue weighted by Gasteiger charge is 2.17. The van der Waals surface area contributed by atoms with Crippen LogP contribution >= 0.6 is 0 Å². The molecule has 0 fully saturated rings. The van der Waals surface area contributed by atoms with Crippen LogP contribution in [-0.4, -0.2) is 10.2 Å². The molecule has 0 spiro atoms. The lowest BCUT2D eigenvalue weighted by molar-refractivity contribution is 0.596. The molecule has 0 aromatic carbocycles. The highest BCUT2D eigenvalue weighted by molar-refractivity contribution is 5.38. The predicted molar refractivity (Wildman–Crippen MR) is 61.7 cm³/mol. The molecular formula is C13H16N2. The summed E-state index contributed by atoms with van der Waals surface area (Å²) in [6, 6.07) is 0. The number of rotatable bonds is 1. The molecule has 0 amide bonds. The SMILES string of the molecule is C1=CCC(c2n[nH]c3c2=CCCC=3)CC1. The van der Waals surface area contributed by atoms with Gasteiger partial charge in [-0.3, -0.25) is 5.10 Å². The van der Waals surface area contributed by atoms with E-state index in [1.54, 1.807) is 0 Å². The minimum Gasteiger partial charge on any atom is -0.278 e. The number of hydrogen-bond donors (Lipinski definition) is 1. The molecule has 2 nitrogen and oxygen atoms in total. The Labute approximate surface area is 89.4 Å². The standard InChI is InChI=1S/C13H16N2/c1-2-6-10(7-3-1)13-11-8-4-5-9-12(11)14-15-13/h1-2,8-10,14H,3-7H2. The topological polar surface area (TPSA) is 28.7 Å². The fourth-order valence-electron chi connectivity index (χ4n) is 2.56. The Bertz CT molecular complexity index is 493. The Morgan fingerprint density at radius 1 is 1.13 bits per heavy atom. The zero-order chi connectivity index (χ0) is 10.1. The third-order valence-electron chi connectivity index (χ3n) is 3.38. The van der Waals surface area contributed by atoms with Crippen LogP contribution in [0.5, 0.6) is 0 Å². The molecule has 1 N–H and O–H groups in total. The highest BCUT2D eigenvalue weighted by atomic mass is 15.1. The van der Waals surface area contributed by atoms with Gasteiger partial charge in [0.2, 0.25) is 0 Å². The third-order valence-corrected chi connectivity index (χ3v) is 3.38. The van der Waals surface area contributed by atoms with Gasteiger partial charge in [0.15, 0.2) is 0 Å². The van der Waals surface area contributed by atoms with Crippen LogP contribution in [-0.2, 0) is 0 Å². The maximum Gasteiger partial charge on any atom is 0.0731 e. The molecule has 1 aromatic heterocycles. The quantitative estimate of drug-likeness (QED) is 0.685. The van der Waals surface area contributed by atoms with Gasteiger partial charge in [-0.2, -0.15) is 5.10 Å². The van der Waals surface area contributed by atoms with Crippen molar-refractivity contribution in [2.45, 2.75) is 38.0 Å². The van der Waals surface area contributed by atoms with Crippen LogP contribution in [0.1, 0.15) is 43.7 Å². The van der Waals surface area contributed by atoms with E-state index in [4.69, 9.17) is 0 Å². The number of nitrogens with zero attached hydrogens (tertiary/aromatic N) is 1. The first-order valence-corrected chi connectivity index (χ1v) is 5.85. The van der Waals surface area contributed by atoms with Gasteiger partial charge in [0.25, 0.3) is 0 Å². The smallest absolute Gasteiger partial charge is 0.0731 e. The van der Waals surface area contributed by atoms with E-state index in [-0.39, 0.29) is 0 Å². The normalized spacial score (nSPS) is 24.1. The minimum atomic E-state index is 0.637. The molecule has 0 bridgehead atoms. The molecule has 3 rings (SSSR count). The van der Waals surface area contributed by atoms with Crippen molar-refractivity contribution in [1.82, 2.24) is 10.2 Å². The molecule has 78 valence electrons. The first-order valence-electron chi connectivity index (χ1n) is 5.85. The summed E-state index contributed by atoms with van der Waals surface area (Å²) in [5.41, 5.74) is 1.30. The van der Waals surface area contributed by atoms with Gasteiger partial charge in [-0.1, -0.05) is 24.3 Å².